The first-order valence-electron chi connectivity index (χ1n) is 6.96. The molecule has 0 unspecified atom stereocenters. The van der Waals surface area contributed by atoms with Gasteiger partial charge in [0.2, 0.25) is 0 Å². The number of rotatable bonds is 6. The van der Waals surface area contributed by atoms with Crippen LogP contribution in [0.4, 0.5) is 4.39 Å². The van der Waals surface area contributed by atoms with Crippen molar-refractivity contribution in [2.75, 3.05) is 0 Å². The maximum atomic E-state index is 13.3. The Morgan fingerprint density at radius 2 is 1.65 bits per heavy atom. The third-order valence-electron chi connectivity index (χ3n) is 2.85. The fourth-order valence-electron chi connectivity index (χ4n) is 1.79. The minimum Gasteiger partial charge on any atom is -0.426 e. The van der Waals surface area contributed by atoms with E-state index < -0.39 is 17.8 Å². The third-order valence-corrected chi connectivity index (χ3v) is 3.09. The number of carbonyl (C=O) groups excluding carboxylic acids is 2. The van der Waals surface area contributed by atoms with Gasteiger partial charge in [0.1, 0.15) is 5.75 Å². The fourth-order valence-corrected chi connectivity index (χ4v) is 1.97. The number of para-hydroxylation sites is 1. The molecule has 0 spiro atoms. The minimum absolute atomic E-state index is 0.0149. The van der Waals surface area contributed by atoms with Gasteiger partial charge in [-0.15, -0.1) is 0 Å². The lowest BCUT2D eigenvalue weighted by molar-refractivity contribution is -0.136. The van der Waals surface area contributed by atoms with Gasteiger partial charge < -0.3 is 9.47 Å². The Balaban J connectivity index is 1.73. The summed E-state index contributed by atoms with van der Waals surface area (Å²) >= 11 is 5.78. The van der Waals surface area contributed by atoms with Crippen LogP contribution in [-0.2, 0) is 9.59 Å². The molecular formula is C17H14ClFO4. The van der Waals surface area contributed by atoms with Crippen molar-refractivity contribution >= 4 is 23.5 Å². The lowest BCUT2D eigenvalue weighted by Gasteiger charge is -2.06. The van der Waals surface area contributed by atoms with Gasteiger partial charge in [0, 0.05) is 17.9 Å². The summed E-state index contributed by atoms with van der Waals surface area (Å²) in [6.45, 7) is 0. The van der Waals surface area contributed by atoms with Crippen molar-refractivity contribution in [2.45, 2.75) is 19.3 Å². The molecule has 0 aliphatic rings. The van der Waals surface area contributed by atoms with Gasteiger partial charge >= 0.3 is 11.9 Å². The SMILES string of the molecule is O=C(CCCC(=O)Oc1ccccc1F)Oc1cccc(Cl)c1. The zero-order chi connectivity index (χ0) is 16.7. The molecule has 0 aliphatic carbocycles. The van der Waals surface area contributed by atoms with Crippen LogP contribution in [0.3, 0.4) is 0 Å². The van der Waals surface area contributed by atoms with Crippen molar-refractivity contribution in [1.82, 2.24) is 0 Å². The molecular weight excluding hydrogens is 323 g/mol. The Kier molecular flexibility index (Phi) is 6.11. The van der Waals surface area contributed by atoms with Crippen LogP contribution in [0.5, 0.6) is 11.5 Å². The highest BCUT2D eigenvalue weighted by Crippen LogP contribution is 2.18. The fraction of sp³-hybridized carbons (Fsp3) is 0.176. The van der Waals surface area contributed by atoms with E-state index in [-0.39, 0.29) is 25.0 Å². The molecule has 2 rings (SSSR count). The molecule has 0 N–H and O–H groups in total. The Bertz CT molecular complexity index is 702. The highest BCUT2D eigenvalue weighted by molar-refractivity contribution is 6.30. The van der Waals surface area contributed by atoms with Crippen molar-refractivity contribution in [3.05, 3.63) is 59.4 Å². The van der Waals surface area contributed by atoms with Gasteiger partial charge in [-0.2, -0.15) is 0 Å². The largest absolute Gasteiger partial charge is 0.426 e. The zero-order valence-corrected chi connectivity index (χ0v) is 12.9. The second-order valence-electron chi connectivity index (χ2n) is 4.69. The average molecular weight is 337 g/mol. The maximum Gasteiger partial charge on any atom is 0.311 e. The number of hydrogen-bond acceptors (Lipinski definition) is 4. The molecule has 0 amide bonds. The summed E-state index contributed by atoms with van der Waals surface area (Å²) in [5.41, 5.74) is 0. The standard InChI is InChI=1S/C17H14ClFO4/c18-12-5-3-6-13(11-12)22-16(20)9-4-10-17(21)23-15-8-2-1-7-14(15)19/h1-3,5-8,11H,4,9-10H2. The van der Waals surface area contributed by atoms with Crippen molar-refractivity contribution in [1.29, 1.82) is 0 Å². The molecule has 120 valence electrons. The van der Waals surface area contributed by atoms with E-state index in [0.717, 1.165) is 0 Å². The predicted molar refractivity (Wildman–Crippen MR) is 83.0 cm³/mol. The van der Waals surface area contributed by atoms with Crippen LogP contribution in [0.2, 0.25) is 5.02 Å². The summed E-state index contributed by atoms with van der Waals surface area (Å²) < 4.78 is 23.3. The van der Waals surface area contributed by atoms with E-state index in [2.05, 4.69) is 0 Å². The highest BCUT2D eigenvalue weighted by Gasteiger charge is 2.11. The summed E-state index contributed by atoms with van der Waals surface area (Å²) in [4.78, 5) is 23.2. The molecule has 0 saturated heterocycles. The van der Waals surface area contributed by atoms with E-state index in [1.54, 1.807) is 24.3 Å². The van der Waals surface area contributed by atoms with Gasteiger partial charge in [0.05, 0.1) is 0 Å². The number of benzene rings is 2. The molecule has 4 nitrogen and oxygen atoms in total. The minimum atomic E-state index is -0.610. The van der Waals surface area contributed by atoms with Gasteiger partial charge in [0.15, 0.2) is 11.6 Å². The molecule has 0 fully saturated rings. The summed E-state index contributed by atoms with van der Waals surface area (Å²) in [5.74, 6) is -1.48. The van der Waals surface area contributed by atoms with Crippen LogP contribution in [0.25, 0.3) is 0 Å². The van der Waals surface area contributed by atoms with Gasteiger partial charge in [-0.1, -0.05) is 29.8 Å². The van der Waals surface area contributed by atoms with Gasteiger partial charge in [-0.05, 0) is 36.8 Å². The average Bonchev–Trinajstić information content (AvgIpc) is 2.49. The molecule has 0 aromatic heterocycles. The van der Waals surface area contributed by atoms with Crippen molar-refractivity contribution in [2.24, 2.45) is 0 Å². The second-order valence-corrected chi connectivity index (χ2v) is 5.13. The molecule has 0 bridgehead atoms. The molecule has 23 heavy (non-hydrogen) atoms. The van der Waals surface area contributed by atoms with E-state index in [1.165, 1.54) is 24.3 Å². The van der Waals surface area contributed by atoms with Crippen molar-refractivity contribution in [3.8, 4) is 11.5 Å². The molecule has 0 atom stereocenters. The van der Waals surface area contributed by atoms with Crippen LogP contribution in [-0.4, -0.2) is 11.9 Å². The summed E-state index contributed by atoms with van der Waals surface area (Å²) in [6.07, 6.45) is 0.268. The highest BCUT2D eigenvalue weighted by atomic mass is 35.5. The zero-order valence-electron chi connectivity index (χ0n) is 12.1. The van der Waals surface area contributed by atoms with Crippen LogP contribution in [0.15, 0.2) is 48.5 Å². The van der Waals surface area contributed by atoms with E-state index >= 15 is 0 Å². The molecule has 0 heterocycles. The maximum absolute atomic E-state index is 13.3. The quantitative estimate of drug-likeness (QED) is 0.587. The normalized spacial score (nSPS) is 10.2. The number of carbonyl (C=O) groups is 2. The first-order chi connectivity index (χ1) is 11.0. The Morgan fingerprint density at radius 1 is 0.957 bits per heavy atom. The topological polar surface area (TPSA) is 52.6 Å². The van der Waals surface area contributed by atoms with Gasteiger partial charge in [-0.3, -0.25) is 9.59 Å². The van der Waals surface area contributed by atoms with E-state index in [1.807, 2.05) is 0 Å². The number of ether oxygens (including phenoxy) is 2. The molecule has 2 aromatic carbocycles. The summed E-state index contributed by atoms with van der Waals surface area (Å²) in [6, 6.07) is 12.1. The van der Waals surface area contributed by atoms with Crippen molar-refractivity contribution < 1.29 is 23.5 Å². The first-order valence-corrected chi connectivity index (χ1v) is 7.34. The second kappa shape index (κ2) is 8.29. The Labute approximate surface area is 137 Å². The van der Waals surface area contributed by atoms with Crippen LogP contribution < -0.4 is 9.47 Å². The van der Waals surface area contributed by atoms with Crippen LogP contribution in [0, 0.1) is 5.82 Å². The van der Waals surface area contributed by atoms with Crippen molar-refractivity contribution in [3.63, 3.8) is 0 Å². The number of hydrogen-bond donors (Lipinski definition) is 0. The predicted octanol–water partition coefficient (Wildman–Crippen LogP) is 4.16. The smallest absolute Gasteiger partial charge is 0.311 e. The summed E-state index contributed by atoms with van der Waals surface area (Å²) in [7, 11) is 0. The molecule has 2 aromatic rings. The van der Waals surface area contributed by atoms with Crippen LogP contribution in [0.1, 0.15) is 19.3 Å². The first kappa shape index (κ1) is 17.0. The Morgan fingerprint density at radius 3 is 2.35 bits per heavy atom. The summed E-state index contributed by atoms with van der Waals surface area (Å²) in [5, 5.41) is 0.462. The van der Waals surface area contributed by atoms with Crippen LogP contribution >= 0.6 is 11.6 Å². The Hall–Kier alpha value is -2.40. The lowest BCUT2D eigenvalue weighted by atomic mass is 10.2. The number of halogens is 2. The number of esters is 2. The van der Waals surface area contributed by atoms with E-state index in [9.17, 15) is 14.0 Å². The molecule has 0 saturated carbocycles. The molecule has 6 heteroatoms. The van der Waals surface area contributed by atoms with Gasteiger partial charge in [0.25, 0.3) is 0 Å². The lowest BCUT2D eigenvalue weighted by Crippen LogP contribution is -2.12. The monoisotopic (exact) mass is 336 g/mol. The third kappa shape index (κ3) is 5.71. The van der Waals surface area contributed by atoms with E-state index in [0.29, 0.717) is 10.8 Å². The molecule has 0 aliphatic heterocycles. The van der Waals surface area contributed by atoms with E-state index in [4.69, 9.17) is 21.1 Å². The molecule has 0 radical (unpaired) electrons. The van der Waals surface area contributed by atoms with Gasteiger partial charge in [-0.25, -0.2) is 4.39 Å².